The van der Waals surface area contributed by atoms with Gasteiger partial charge in [0.15, 0.2) is 0 Å². The molecule has 1 aliphatic rings. The zero-order valence-electron chi connectivity index (χ0n) is 19.2. The Labute approximate surface area is 188 Å². The molecule has 0 bridgehead atoms. The zero-order chi connectivity index (χ0) is 23.6. The highest BCUT2D eigenvalue weighted by atomic mass is 31.2. The molecule has 8 heteroatoms. The fourth-order valence-corrected chi connectivity index (χ4v) is 7.07. The van der Waals surface area contributed by atoms with E-state index < -0.39 is 31.5 Å². The molecule has 0 saturated heterocycles. The van der Waals surface area contributed by atoms with Gasteiger partial charge in [-0.1, -0.05) is 13.8 Å². The molecule has 0 saturated carbocycles. The molecule has 1 aromatic heterocycles. The molecule has 3 atom stereocenters. The number of halogens is 1. The van der Waals surface area contributed by atoms with E-state index in [1.807, 2.05) is 6.92 Å². The van der Waals surface area contributed by atoms with Crippen molar-refractivity contribution in [3.63, 3.8) is 0 Å². The Morgan fingerprint density at radius 1 is 1.19 bits per heavy atom. The van der Waals surface area contributed by atoms with E-state index in [0.717, 1.165) is 48.2 Å². The maximum atomic E-state index is 14.0. The minimum absolute atomic E-state index is 0.162. The number of hydrogen-bond acceptors (Lipinski definition) is 4. The highest BCUT2D eigenvalue weighted by Crippen LogP contribution is 2.63. The van der Waals surface area contributed by atoms with Crippen molar-refractivity contribution in [2.45, 2.75) is 70.7 Å². The lowest BCUT2D eigenvalue weighted by atomic mass is 9.92. The molecule has 0 fully saturated rings. The molecule has 2 N–H and O–H groups in total. The summed E-state index contributed by atoms with van der Waals surface area (Å²) in [5.74, 6) is -1.31. The maximum absolute atomic E-state index is 14.0. The van der Waals surface area contributed by atoms with Crippen LogP contribution in [0, 0.1) is 5.82 Å². The second-order valence-corrected chi connectivity index (χ2v) is 11.9. The lowest BCUT2D eigenvalue weighted by Gasteiger charge is -2.27. The summed E-state index contributed by atoms with van der Waals surface area (Å²) in [6.45, 7) is 6.87. The number of aliphatic carboxylic acids is 1. The number of fused-ring (bicyclic) bond motifs is 1. The molecule has 0 spiro atoms. The predicted octanol–water partition coefficient (Wildman–Crippen LogP) is 5.58. The van der Waals surface area contributed by atoms with E-state index in [2.05, 4.69) is 18.4 Å². The molecule has 0 aliphatic carbocycles. The standard InChI is InChI=1S/C24H33FNO5P/c1-15(2)22-20-7-5-6-12-26(20)24(17-8-10-18(25)11-9-17)23(22)16(3)32(30,31-4)14-19(27)13-21(28)29/h8-11,15-16,19,27H,5-7,12-14H2,1-4H3,(H,28,29)/t16?,19-,32?/m0/s1. The summed E-state index contributed by atoms with van der Waals surface area (Å²) in [4.78, 5) is 11.0. The minimum atomic E-state index is -3.46. The van der Waals surface area contributed by atoms with Crippen molar-refractivity contribution in [1.82, 2.24) is 4.57 Å². The van der Waals surface area contributed by atoms with Crippen LogP contribution in [0.2, 0.25) is 0 Å². The Hall–Kier alpha value is -1.95. The van der Waals surface area contributed by atoms with Crippen LogP contribution in [0.25, 0.3) is 11.3 Å². The summed E-state index contributed by atoms with van der Waals surface area (Å²) in [5, 5.41) is 19.3. The quantitative estimate of drug-likeness (QED) is 0.473. The summed E-state index contributed by atoms with van der Waals surface area (Å²) in [6.07, 6.45) is 1.01. The van der Waals surface area contributed by atoms with Crippen LogP contribution in [0.15, 0.2) is 24.3 Å². The fraction of sp³-hybridized carbons (Fsp3) is 0.542. The summed E-state index contributed by atoms with van der Waals surface area (Å²) < 4.78 is 35.4. The maximum Gasteiger partial charge on any atom is 0.305 e. The van der Waals surface area contributed by atoms with E-state index in [1.165, 1.54) is 24.9 Å². The number of benzene rings is 1. The molecule has 176 valence electrons. The van der Waals surface area contributed by atoms with Crippen LogP contribution in [0.4, 0.5) is 4.39 Å². The van der Waals surface area contributed by atoms with Gasteiger partial charge in [0, 0.05) is 19.3 Å². The van der Waals surface area contributed by atoms with E-state index in [0.29, 0.717) is 0 Å². The third kappa shape index (κ3) is 4.85. The summed E-state index contributed by atoms with van der Waals surface area (Å²) in [6, 6.07) is 6.33. The van der Waals surface area contributed by atoms with Gasteiger partial charge in [0.25, 0.3) is 0 Å². The van der Waals surface area contributed by atoms with Crippen molar-refractivity contribution in [3.05, 3.63) is 46.9 Å². The van der Waals surface area contributed by atoms with Crippen molar-refractivity contribution in [2.75, 3.05) is 13.3 Å². The number of aliphatic hydroxyl groups is 1. The number of carboxylic acid groups (broad SMARTS) is 1. The summed E-state index contributed by atoms with van der Waals surface area (Å²) in [7, 11) is -2.10. The van der Waals surface area contributed by atoms with E-state index in [4.69, 9.17) is 9.63 Å². The Kier molecular flexibility index (Phi) is 7.64. The third-order valence-corrected chi connectivity index (χ3v) is 9.37. The van der Waals surface area contributed by atoms with Crippen molar-refractivity contribution in [1.29, 1.82) is 0 Å². The normalized spacial score (nSPS) is 17.6. The number of hydrogen-bond donors (Lipinski definition) is 2. The Bertz CT molecular complexity index is 1010. The van der Waals surface area contributed by atoms with Gasteiger partial charge < -0.3 is 19.3 Å². The molecule has 1 aliphatic heterocycles. The van der Waals surface area contributed by atoms with Gasteiger partial charge in [-0.05, 0) is 73.1 Å². The molecular formula is C24H33FNO5P. The van der Waals surface area contributed by atoms with Crippen LogP contribution in [0.1, 0.15) is 68.4 Å². The molecule has 2 unspecified atom stereocenters. The first-order chi connectivity index (χ1) is 15.1. The number of carboxylic acids is 1. The number of aliphatic hydroxyl groups excluding tert-OH is 1. The van der Waals surface area contributed by atoms with Crippen LogP contribution in [-0.2, 0) is 26.8 Å². The summed E-state index contributed by atoms with van der Waals surface area (Å²) >= 11 is 0. The SMILES string of the molecule is COP(=O)(C[C@@H](O)CC(=O)O)C(C)c1c(C(C)C)c2n(c1-c1ccc(F)cc1)CCCC2. The largest absolute Gasteiger partial charge is 0.481 e. The topological polar surface area (TPSA) is 88.8 Å². The van der Waals surface area contributed by atoms with Gasteiger partial charge in [0.05, 0.1) is 30.0 Å². The van der Waals surface area contributed by atoms with Crippen LogP contribution in [-0.4, -0.2) is 40.1 Å². The molecule has 1 aromatic carbocycles. The van der Waals surface area contributed by atoms with Crippen molar-refractivity contribution >= 4 is 13.3 Å². The van der Waals surface area contributed by atoms with Crippen LogP contribution < -0.4 is 0 Å². The Balaban J connectivity index is 2.21. The Morgan fingerprint density at radius 3 is 2.41 bits per heavy atom. The van der Waals surface area contributed by atoms with E-state index >= 15 is 0 Å². The second-order valence-electron chi connectivity index (χ2n) is 8.91. The number of rotatable bonds is 9. The highest BCUT2D eigenvalue weighted by molar-refractivity contribution is 7.59. The first-order valence-corrected chi connectivity index (χ1v) is 13.0. The molecule has 2 aromatic rings. The van der Waals surface area contributed by atoms with E-state index in [1.54, 1.807) is 12.1 Å². The average molecular weight is 466 g/mol. The van der Waals surface area contributed by atoms with Crippen molar-refractivity contribution < 1.29 is 28.5 Å². The van der Waals surface area contributed by atoms with Gasteiger partial charge >= 0.3 is 5.97 Å². The first kappa shape index (κ1) is 24.7. The van der Waals surface area contributed by atoms with Gasteiger partial charge in [-0.15, -0.1) is 0 Å². The highest BCUT2D eigenvalue weighted by Gasteiger charge is 2.40. The van der Waals surface area contributed by atoms with E-state index in [9.17, 15) is 18.9 Å². The lowest BCUT2D eigenvalue weighted by Crippen LogP contribution is -2.20. The number of carbonyl (C=O) groups is 1. The number of aromatic nitrogens is 1. The molecule has 32 heavy (non-hydrogen) atoms. The van der Waals surface area contributed by atoms with Crippen LogP contribution >= 0.6 is 7.37 Å². The molecule has 0 radical (unpaired) electrons. The van der Waals surface area contributed by atoms with Crippen LogP contribution in [0.3, 0.4) is 0 Å². The third-order valence-electron chi connectivity index (χ3n) is 6.38. The number of nitrogens with zero attached hydrogens (tertiary/aromatic N) is 1. The van der Waals surface area contributed by atoms with Gasteiger partial charge in [-0.25, -0.2) is 4.39 Å². The smallest absolute Gasteiger partial charge is 0.305 e. The molecule has 6 nitrogen and oxygen atoms in total. The zero-order valence-corrected chi connectivity index (χ0v) is 20.1. The van der Waals surface area contributed by atoms with Gasteiger partial charge in [0.1, 0.15) is 5.82 Å². The van der Waals surface area contributed by atoms with Gasteiger partial charge in [0.2, 0.25) is 7.37 Å². The predicted molar refractivity (Wildman–Crippen MR) is 123 cm³/mol. The molecule has 2 heterocycles. The van der Waals surface area contributed by atoms with Gasteiger partial charge in [-0.3, -0.25) is 9.36 Å². The van der Waals surface area contributed by atoms with Crippen molar-refractivity contribution in [2.24, 2.45) is 0 Å². The fourth-order valence-electron chi connectivity index (χ4n) is 4.92. The van der Waals surface area contributed by atoms with E-state index in [-0.39, 0.29) is 17.9 Å². The Morgan fingerprint density at radius 2 is 1.84 bits per heavy atom. The molecule has 3 rings (SSSR count). The first-order valence-electron chi connectivity index (χ1n) is 11.1. The van der Waals surface area contributed by atoms with Crippen LogP contribution in [0.5, 0.6) is 0 Å². The average Bonchev–Trinajstić information content (AvgIpc) is 3.08. The minimum Gasteiger partial charge on any atom is -0.481 e. The second kappa shape index (κ2) is 9.90. The lowest BCUT2D eigenvalue weighted by molar-refractivity contribution is -0.138. The molecule has 0 amide bonds. The molecular weight excluding hydrogens is 432 g/mol. The monoisotopic (exact) mass is 465 g/mol. The van der Waals surface area contributed by atoms with Gasteiger partial charge in [-0.2, -0.15) is 0 Å². The van der Waals surface area contributed by atoms with Crippen molar-refractivity contribution in [3.8, 4) is 11.3 Å². The summed E-state index contributed by atoms with van der Waals surface area (Å²) in [5.41, 5.74) is 4.43.